The summed E-state index contributed by atoms with van der Waals surface area (Å²) in [6.07, 6.45) is 8.03. The molecule has 1 fully saturated rings. The first-order valence-corrected chi connectivity index (χ1v) is 6.71. The number of ether oxygens (including phenoxy) is 1. The van der Waals surface area contributed by atoms with Crippen LogP contribution in [0.4, 0.5) is 0 Å². The first-order valence-electron chi connectivity index (χ1n) is 6.71. The van der Waals surface area contributed by atoms with Crippen LogP contribution in [0.1, 0.15) is 47.0 Å². The van der Waals surface area contributed by atoms with Crippen LogP contribution in [-0.2, 0) is 9.53 Å². The lowest BCUT2D eigenvalue weighted by atomic mass is 9.64. The molecule has 102 valence electrons. The zero-order valence-corrected chi connectivity index (χ0v) is 12.0. The summed E-state index contributed by atoms with van der Waals surface area (Å²) in [6, 6.07) is 0. The van der Waals surface area contributed by atoms with Crippen LogP contribution >= 0.6 is 0 Å². The third-order valence-corrected chi connectivity index (χ3v) is 3.57. The van der Waals surface area contributed by atoms with Gasteiger partial charge in [0.05, 0.1) is 13.2 Å². The average Bonchev–Trinajstić information content (AvgIpc) is 2.24. The molecule has 1 aliphatic carbocycles. The summed E-state index contributed by atoms with van der Waals surface area (Å²) in [5.74, 6) is 2.90. The lowest BCUT2D eigenvalue weighted by molar-refractivity contribution is -0.155. The van der Waals surface area contributed by atoms with E-state index in [1.165, 1.54) is 0 Å². The predicted octanol–water partition coefficient (Wildman–Crippen LogP) is 2.36. The van der Waals surface area contributed by atoms with Crippen LogP contribution < -0.4 is 5.32 Å². The van der Waals surface area contributed by atoms with E-state index in [-0.39, 0.29) is 11.4 Å². The summed E-state index contributed by atoms with van der Waals surface area (Å²) in [5, 5.41) is 3.24. The SMILES string of the molecule is C#CCNC1(C(=O)OCC)CC(C)CC(C)(C)C1. The minimum atomic E-state index is -0.608. The Morgan fingerprint density at radius 2 is 2.17 bits per heavy atom. The Morgan fingerprint density at radius 3 is 2.67 bits per heavy atom. The molecule has 0 amide bonds. The van der Waals surface area contributed by atoms with Crippen LogP contribution in [0, 0.1) is 23.7 Å². The van der Waals surface area contributed by atoms with Gasteiger partial charge in [0, 0.05) is 0 Å². The Balaban J connectivity index is 2.96. The molecule has 2 atom stereocenters. The maximum absolute atomic E-state index is 12.3. The van der Waals surface area contributed by atoms with Gasteiger partial charge in [-0.1, -0.05) is 26.7 Å². The maximum atomic E-state index is 12.3. The highest BCUT2D eigenvalue weighted by Gasteiger charge is 2.48. The van der Waals surface area contributed by atoms with E-state index in [9.17, 15) is 4.79 Å². The fraction of sp³-hybridized carbons (Fsp3) is 0.800. The Labute approximate surface area is 111 Å². The largest absolute Gasteiger partial charge is 0.465 e. The number of hydrogen-bond donors (Lipinski definition) is 1. The van der Waals surface area contributed by atoms with Gasteiger partial charge in [-0.25, -0.2) is 0 Å². The van der Waals surface area contributed by atoms with Gasteiger partial charge in [-0.15, -0.1) is 6.42 Å². The minimum Gasteiger partial charge on any atom is -0.465 e. The molecule has 0 radical (unpaired) electrons. The lowest BCUT2D eigenvalue weighted by Gasteiger charge is -2.46. The van der Waals surface area contributed by atoms with Crippen LogP contribution in [0.25, 0.3) is 0 Å². The summed E-state index contributed by atoms with van der Waals surface area (Å²) in [7, 11) is 0. The smallest absolute Gasteiger partial charge is 0.326 e. The molecule has 0 aliphatic heterocycles. The van der Waals surface area contributed by atoms with Crippen molar-refractivity contribution >= 4 is 5.97 Å². The zero-order valence-electron chi connectivity index (χ0n) is 12.0. The van der Waals surface area contributed by atoms with E-state index in [0.717, 1.165) is 19.3 Å². The number of esters is 1. The van der Waals surface area contributed by atoms with Crippen LogP contribution in [0.2, 0.25) is 0 Å². The van der Waals surface area contributed by atoms with Gasteiger partial charge in [-0.05, 0) is 37.5 Å². The molecule has 0 saturated heterocycles. The van der Waals surface area contributed by atoms with E-state index < -0.39 is 5.54 Å². The number of terminal acetylenes is 1. The van der Waals surface area contributed by atoms with Crippen molar-refractivity contribution in [1.82, 2.24) is 5.32 Å². The first kappa shape index (κ1) is 15.0. The molecule has 1 aliphatic rings. The monoisotopic (exact) mass is 251 g/mol. The molecular weight excluding hydrogens is 226 g/mol. The topological polar surface area (TPSA) is 38.3 Å². The van der Waals surface area contributed by atoms with Crippen molar-refractivity contribution in [3.63, 3.8) is 0 Å². The van der Waals surface area contributed by atoms with Crippen molar-refractivity contribution in [1.29, 1.82) is 0 Å². The Bertz CT molecular complexity index is 343. The molecular formula is C15H25NO2. The van der Waals surface area contributed by atoms with Crippen molar-refractivity contribution in [2.45, 2.75) is 52.5 Å². The zero-order chi connectivity index (χ0) is 13.8. The molecule has 2 unspecified atom stereocenters. The molecule has 3 nitrogen and oxygen atoms in total. The van der Waals surface area contributed by atoms with Gasteiger partial charge >= 0.3 is 5.97 Å². The Kier molecular flexibility index (Phi) is 4.81. The highest BCUT2D eigenvalue weighted by molar-refractivity contribution is 5.81. The van der Waals surface area contributed by atoms with Gasteiger partial charge in [0.25, 0.3) is 0 Å². The fourth-order valence-electron chi connectivity index (χ4n) is 3.42. The number of carbonyl (C=O) groups is 1. The van der Waals surface area contributed by atoms with Gasteiger partial charge in [-0.2, -0.15) is 0 Å². The molecule has 0 heterocycles. The molecule has 0 aromatic heterocycles. The summed E-state index contributed by atoms with van der Waals surface area (Å²) in [6.45, 7) is 9.24. The highest BCUT2D eigenvalue weighted by Crippen LogP contribution is 2.44. The van der Waals surface area contributed by atoms with Gasteiger partial charge < -0.3 is 4.74 Å². The highest BCUT2D eigenvalue weighted by atomic mass is 16.5. The van der Waals surface area contributed by atoms with Gasteiger partial charge in [0.15, 0.2) is 0 Å². The predicted molar refractivity (Wildman–Crippen MR) is 73.0 cm³/mol. The van der Waals surface area contributed by atoms with E-state index in [0.29, 0.717) is 19.1 Å². The fourth-order valence-corrected chi connectivity index (χ4v) is 3.42. The van der Waals surface area contributed by atoms with Gasteiger partial charge in [0.1, 0.15) is 5.54 Å². The summed E-state index contributed by atoms with van der Waals surface area (Å²) in [4.78, 5) is 12.3. The normalized spacial score (nSPS) is 30.5. The number of nitrogens with one attached hydrogen (secondary N) is 1. The van der Waals surface area contributed by atoms with Crippen molar-refractivity contribution in [2.24, 2.45) is 11.3 Å². The molecule has 3 heteroatoms. The van der Waals surface area contributed by atoms with Gasteiger partial charge in [-0.3, -0.25) is 10.1 Å². The first-order chi connectivity index (χ1) is 8.35. The summed E-state index contributed by atoms with van der Waals surface area (Å²) >= 11 is 0. The molecule has 1 N–H and O–H groups in total. The number of hydrogen-bond acceptors (Lipinski definition) is 3. The molecule has 0 aromatic rings. The second kappa shape index (κ2) is 5.75. The van der Waals surface area contributed by atoms with Crippen LogP contribution in [0.15, 0.2) is 0 Å². The molecule has 1 saturated carbocycles. The van der Waals surface area contributed by atoms with Gasteiger partial charge in [0.2, 0.25) is 0 Å². The Morgan fingerprint density at radius 1 is 1.50 bits per heavy atom. The third-order valence-electron chi connectivity index (χ3n) is 3.57. The average molecular weight is 251 g/mol. The van der Waals surface area contributed by atoms with E-state index in [2.05, 4.69) is 32.0 Å². The Hall–Kier alpha value is -1.01. The second-order valence-electron chi connectivity index (χ2n) is 6.21. The molecule has 0 bridgehead atoms. The standard InChI is InChI=1S/C15H25NO2/c1-6-8-16-15(13(17)18-7-2)10-12(3)9-14(4,5)11-15/h1,12,16H,7-11H2,2-5H3. The van der Waals surface area contributed by atoms with Crippen LogP contribution in [0.3, 0.4) is 0 Å². The molecule has 0 spiro atoms. The molecule has 18 heavy (non-hydrogen) atoms. The summed E-state index contributed by atoms with van der Waals surface area (Å²) < 4.78 is 5.25. The van der Waals surface area contributed by atoms with Crippen molar-refractivity contribution < 1.29 is 9.53 Å². The van der Waals surface area contributed by atoms with E-state index >= 15 is 0 Å². The maximum Gasteiger partial charge on any atom is 0.326 e. The van der Waals surface area contributed by atoms with Crippen molar-refractivity contribution in [2.75, 3.05) is 13.2 Å². The molecule has 0 aromatic carbocycles. The second-order valence-corrected chi connectivity index (χ2v) is 6.21. The van der Waals surface area contributed by atoms with Crippen LogP contribution in [-0.4, -0.2) is 24.7 Å². The number of rotatable bonds is 4. The van der Waals surface area contributed by atoms with Crippen LogP contribution in [0.5, 0.6) is 0 Å². The number of carbonyl (C=O) groups excluding carboxylic acids is 1. The third kappa shape index (κ3) is 3.49. The van der Waals surface area contributed by atoms with Crippen molar-refractivity contribution in [3.05, 3.63) is 0 Å². The summed E-state index contributed by atoms with van der Waals surface area (Å²) in [5.41, 5.74) is -0.477. The lowest BCUT2D eigenvalue weighted by Crippen LogP contribution is -2.58. The van der Waals surface area contributed by atoms with Crippen molar-refractivity contribution in [3.8, 4) is 12.3 Å². The van der Waals surface area contributed by atoms with E-state index in [1.807, 2.05) is 6.92 Å². The quantitative estimate of drug-likeness (QED) is 0.616. The van der Waals surface area contributed by atoms with E-state index in [4.69, 9.17) is 11.2 Å². The minimum absolute atomic E-state index is 0.131. The molecule has 1 rings (SSSR count). The van der Waals surface area contributed by atoms with E-state index in [1.54, 1.807) is 0 Å².